The van der Waals surface area contributed by atoms with Gasteiger partial charge in [0.2, 0.25) is 0 Å². The fourth-order valence-corrected chi connectivity index (χ4v) is 3.55. The van der Waals surface area contributed by atoms with Crippen molar-refractivity contribution in [1.82, 2.24) is 0 Å². The molecule has 0 bridgehead atoms. The van der Waals surface area contributed by atoms with Gasteiger partial charge in [-0.15, -0.1) is 0 Å². The van der Waals surface area contributed by atoms with Gasteiger partial charge in [-0.1, -0.05) is 34.1 Å². The first-order valence-electron chi connectivity index (χ1n) is 6.57. The molecule has 2 fully saturated rings. The largest absolute Gasteiger partial charge is 0.374 e. The van der Waals surface area contributed by atoms with Crippen LogP contribution in [0.5, 0.6) is 0 Å². The summed E-state index contributed by atoms with van der Waals surface area (Å²) in [5, 5.41) is 0. The SMILES string of the molecule is CC(C)C1CCCC2(C1)CC(C)(C)CO2. The van der Waals surface area contributed by atoms with Crippen LogP contribution in [-0.4, -0.2) is 12.2 Å². The summed E-state index contributed by atoms with van der Waals surface area (Å²) in [6.07, 6.45) is 6.69. The Morgan fingerprint density at radius 3 is 2.53 bits per heavy atom. The summed E-state index contributed by atoms with van der Waals surface area (Å²) in [5.41, 5.74) is 0.676. The molecule has 0 aromatic rings. The predicted octanol–water partition coefficient (Wildman–Crippen LogP) is 4.02. The van der Waals surface area contributed by atoms with Gasteiger partial charge in [-0.3, -0.25) is 0 Å². The second-order valence-electron chi connectivity index (χ2n) is 6.91. The molecule has 1 saturated carbocycles. The standard InChI is InChI=1S/C14H26O/c1-11(2)12-6-5-7-14(8-12)9-13(3,4)10-15-14/h11-12H,5-10H2,1-4H3. The first kappa shape index (κ1) is 11.4. The van der Waals surface area contributed by atoms with Gasteiger partial charge in [0.25, 0.3) is 0 Å². The second-order valence-corrected chi connectivity index (χ2v) is 6.91. The molecule has 88 valence electrons. The fourth-order valence-electron chi connectivity index (χ4n) is 3.55. The Morgan fingerprint density at radius 2 is 2.00 bits per heavy atom. The van der Waals surface area contributed by atoms with Crippen molar-refractivity contribution in [3.05, 3.63) is 0 Å². The smallest absolute Gasteiger partial charge is 0.0691 e. The van der Waals surface area contributed by atoms with Gasteiger partial charge < -0.3 is 4.74 Å². The van der Waals surface area contributed by atoms with Gasteiger partial charge in [0.05, 0.1) is 12.2 Å². The first-order valence-corrected chi connectivity index (χ1v) is 6.57. The van der Waals surface area contributed by atoms with E-state index in [1.54, 1.807) is 0 Å². The Hall–Kier alpha value is -0.0400. The Morgan fingerprint density at radius 1 is 1.27 bits per heavy atom. The average Bonchev–Trinajstić information content (AvgIpc) is 2.42. The van der Waals surface area contributed by atoms with Gasteiger partial charge in [0.1, 0.15) is 0 Å². The molecule has 1 heterocycles. The average molecular weight is 210 g/mol. The van der Waals surface area contributed by atoms with Crippen LogP contribution in [0.4, 0.5) is 0 Å². The molecule has 2 rings (SSSR count). The van der Waals surface area contributed by atoms with E-state index in [1.165, 1.54) is 32.1 Å². The lowest BCUT2D eigenvalue weighted by Gasteiger charge is -2.39. The topological polar surface area (TPSA) is 9.23 Å². The summed E-state index contributed by atoms with van der Waals surface area (Å²) in [6, 6.07) is 0. The molecule has 1 aliphatic heterocycles. The fraction of sp³-hybridized carbons (Fsp3) is 1.00. The third-order valence-corrected chi connectivity index (χ3v) is 4.35. The molecule has 1 aliphatic carbocycles. The van der Waals surface area contributed by atoms with E-state index in [4.69, 9.17) is 4.74 Å². The number of rotatable bonds is 1. The van der Waals surface area contributed by atoms with Crippen LogP contribution in [0, 0.1) is 17.3 Å². The van der Waals surface area contributed by atoms with E-state index in [-0.39, 0.29) is 5.60 Å². The molecule has 0 aromatic heterocycles. The quantitative estimate of drug-likeness (QED) is 0.635. The maximum atomic E-state index is 6.18. The molecule has 2 unspecified atom stereocenters. The van der Waals surface area contributed by atoms with Gasteiger partial charge in [-0.2, -0.15) is 0 Å². The van der Waals surface area contributed by atoms with Gasteiger partial charge in [0.15, 0.2) is 0 Å². The maximum Gasteiger partial charge on any atom is 0.0691 e. The minimum absolute atomic E-state index is 0.261. The molecule has 15 heavy (non-hydrogen) atoms. The lowest BCUT2D eigenvalue weighted by Crippen LogP contribution is -2.36. The van der Waals surface area contributed by atoms with Crippen LogP contribution >= 0.6 is 0 Å². The molecule has 0 N–H and O–H groups in total. The van der Waals surface area contributed by atoms with Crippen molar-refractivity contribution in [1.29, 1.82) is 0 Å². The molecule has 2 aliphatic rings. The predicted molar refractivity (Wildman–Crippen MR) is 63.9 cm³/mol. The zero-order valence-corrected chi connectivity index (χ0v) is 10.8. The van der Waals surface area contributed by atoms with Crippen molar-refractivity contribution in [2.75, 3.05) is 6.61 Å². The molecule has 0 radical (unpaired) electrons. The Labute approximate surface area is 94.6 Å². The van der Waals surface area contributed by atoms with E-state index in [2.05, 4.69) is 27.7 Å². The van der Waals surface area contributed by atoms with Crippen molar-refractivity contribution in [3.8, 4) is 0 Å². The highest BCUT2D eigenvalue weighted by molar-refractivity contribution is 4.97. The summed E-state index contributed by atoms with van der Waals surface area (Å²) >= 11 is 0. The molecule has 1 nitrogen and oxygen atoms in total. The highest BCUT2D eigenvalue weighted by Crippen LogP contribution is 2.49. The molecule has 0 amide bonds. The van der Waals surface area contributed by atoms with E-state index in [9.17, 15) is 0 Å². The van der Waals surface area contributed by atoms with E-state index in [1.807, 2.05) is 0 Å². The van der Waals surface area contributed by atoms with Crippen molar-refractivity contribution in [2.24, 2.45) is 17.3 Å². The maximum absolute atomic E-state index is 6.18. The third-order valence-electron chi connectivity index (χ3n) is 4.35. The monoisotopic (exact) mass is 210 g/mol. The van der Waals surface area contributed by atoms with E-state index < -0.39 is 0 Å². The Bertz CT molecular complexity index is 231. The van der Waals surface area contributed by atoms with Crippen LogP contribution in [0.15, 0.2) is 0 Å². The van der Waals surface area contributed by atoms with Crippen LogP contribution in [0.3, 0.4) is 0 Å². The molecule has 1 spiro atoms. The van der Waals surface area contributed by atoms with Gasteiger partial charge >= 0.3 is 0 Å². The van der Waals surface area contributed by atoms with E-state index in [0.717, 1.165) is 18.4 Å². The first-order chi connectivity index (χ1) is 6.93. The summed E-state index contributed by atoms with van der Waals surface area (Å²) in [4.78, 5) is 0. The van der Waals surface area contributed by atoms with E-state index in [0.29, 0.717) is 5.41 Å². The Kier molecular flexibility index (Phi) is 2.87. The van der Waals surface area contributed by atoms with Crippen LogP contribution in [-0.2, 0) is 4.74 Å². The summed E-state index contributed by atoms with van der Waals surface area (Å²) in [7, 11) is 0. The van der Waals surface area contributed by atoms with Crippen molar-refractivity contribution >= 4 is 0 Å². The third kappa shape index (κ3) is 2.38. The molecule has 0 aromatic carbocycles. The molecule has 1 saturated heterocycles. The van der Waals surface area contributed by atoms with Crippen LogP contribution in [0.25, 0.3) is 0 Å². The summed E-state index contributed by atoms with van der Waals surface area (Å²) in [6.45, 7) is 10.4. The van der Waals surface area contributed by atoms with Crippen molar-refractivity contribution in [2.45, 2.75) is 65.4 Å². The van der Waals surface area contributed by atoms with Crippen LogP contribution < -0.4 is 0 Å². The molecule has 2 atom stereocenters. The summed E-state index contributed by atoms with van der Waals surface area (Å²) < 4.78 is 6.18. The second kappa shape index (κ2) is 3.76. The number of hydrogen-bond donors (Lipinski definition) is 0. The minimum Gasteiger partial charge on any atom is -0.374 e. The zero-order valence-electron chi connectivity index (χ0n) is 10.8. The Balaban J connectivity index is 2.04. The van der Waals surface area contributed by atoms with Crippen molar-refractivity contribution in [3.63, 3.8) is 0 Å². The van der Waals surface area contributed by atoms with Crippen molar-refractivity contribution < 1.29 is 4.74 Å². The number of ether oxygens (including phenoxy) is 1. The van der Waals surface area contributed by atoms with Gasteiger partial charge in [-0.05, 0) is 42.9 Å². The van der Waals surface area contributed by atoms with Crippen LogP contribution in [0.1, 0.15) is 59.8 Å². The number of hydrogen-bond acceptors (Lipinski definition) is 1. The normalized spacial score (nSPS) is 40.2. The lowest BCUT2D eigenvalue weighted by atomic mass is 9.70. The van der Waals surface area contributed by atoms with E-state index >= 15 is 0 Å². The van der Waals surface area contributed by atoms with Crippen LogP contribution in [0.2, 0.25) is 0 Å². The zero-order chi connectivity index (χ0) is 11.1. The summed E-state index contributed by atoms with van der Waals surface area (Å²) in [5.74, 6) is 1.72. The minimum atomic E-state index is 0.261. The highest BCUT2D eigenvalue weighted by Gasteiger charge is 2.47. The highest BCUT2D eigenvalue weighted by atomic mass is 16.5. The molecular formula is C14H26O. The van der Waals surface area contributed by atoms with Gasteiger partial charge in [0, 0.05) is 0 Å². The van der Waals surface area contributed by atoms with Gasteiger partial charge in [-0.25, -0.2) is 0 Å². The lowest BCUT2D eigenvalue weighted by molar-refractivity contribution is -0.0476. The molecular weight excluding hydrogens is 184 g/mol. The molecule has 1 heteroatoms.